The lowest BCUT2D eigenvalue weighted by Gasteiger charge is -2.14. The fourth-order valence-corrected chi connectivity index (χ4v) is 2.87. The maximum atomic E-state index is 9.41. The normalized spacial score (nSPS) is 22.4. The Kier molecular flexibility index (Phi) is 2.62. The van der Waals surface area contributed by atoms with Crippen LogP contribution in [0.25, 0.3) is 4.91 Å². The predicted molar refractivity (Wildman–Crippen MR) is 59.7 cm³/mol. The number of aliphatic hydroxyl groups is 1. The van der Waals surface area contributed by atoms with Crippen LogP contribution in [-0.4, -0.2) is 19.1 Å². The summed E-state index contributed by atoms with van der Waals surface area (Å²) in [5, 5.41) is 11.4. The van der Waals surface area contributed by atoms with Crippen molar-refractivity contribution in [2.75, 3.05) is 0 Å². The van der Waals surface area contributed by atoms with Crippen molar-refractivity contribution < 1.29 is 5.11 Å². The van der Waals surface area contributed by atoms with E-state index in [4.69, 9.17) is 7.85 Å². The van der Waals surface area contributed by atoms with Crippen LogP contribution in [0.5, 0.6) is 0 Å². The van der Waals surface area contributed by atoms with Crippen LogP contribution < -0.4 is 0 Å². The molecule has 0 aromatic carbocycles. The summed E-state index contributed by atoms with van der Waals surface area (Å²) in [4.78, 5) is 2.86. The first kappa shape index (κ1) is 9.12. The fraction of sp³-hybridized carbons (Fsp3) is 0.111. The third kappa shape index (κ3) is 2.07. The van der Waals surface area contributed by atoms with Gasteiger partial charge in [0.2, 0.25) is 0 Å². The molecule has 1 aromatic heterocycles. The summed E-state index contributed by atoms with van der Waals surface area (Å²) in [6, 6.07) is 4.01. The summed E-state index contributed by atoms with van der Waals surface area (Å²) in [6.45, 7) is 0. The predicted octanol–water partition coefficient (Wildman–Crippen LogP) is 2.21. The zero-order chi connectivity index (χ0) is 9.26. The summed E-state index contributed by atoms with van der Waals surface area (Å²) in [6.07, 6.45) is 2.91. The highest BCUT2D eigenvalue weighted by Gasteiger charge is 2.11. The molecule has 2 heterocycles. The minimum absolute atomic E-state index is 0.543. The van der Waals surface area contributed by atoms with E-state index in [2.05, 4.69) is 0 Å². The lowest BCUT2D eigenvalue weighted by Crippen LogP contribution is -2.03. The van der Waals surface area contributed by atoms with Crippen molar-refractivity contribution in [1.82, 2.24) is 0 Å². The zero-order valence-corrected chi connectivity index (χ0v) is 8.44. The Morgan fingerprint density at radius 3 is 2.85 bits per heavy atom. The van der Waals surface area contributed by atoms with Crippen molar-refractivity contribution in [2.45, 2.75) is 6.10 Å². The van der Waals surface area contributed by atoms with Crippen LogP contribution in [0.1, 0.15) is 4.88 Å². The summed E-state index contributed by atoms with van der Waals surface area (Å²) < 4.78 is 0. The van der Waals surface area contributed by atoms with Crippen LogP contribution in [0.3, 0.4) is 0 Å². The van der Waals surface area contributed by atoms with Crippen LogP contribution in [0, 0.1) is 0 Å². The molecule has 1 aliphatic heterocycles. The molecule has 0 bridgehead atoms. The van der Waals surface area contributed by atoms with Crippen molar-refractivity contribution in [3.05, 3.63) is 39.3 Å². The molecule has 0 unspecified atom stereocenters. The Balaban J connectivity index is 2.27. The van der Waals surface area contributed by atoms with Crippen molar-refractivity contribution in [3.8, 4) is 0 Å². The van der Waals surface area contributed by atoms with E-state index in [1.165, 1.54) is 11.8 Å². The van der Waals surface area contributed by atoms with Crippen LogP contribution >= 0.6 is 23.1 Å². The topological polar surface area (TPSA) is 20.2 Å². The third-order valence-corrected chi connectivity index (χ3v) is 3.63. The van der Waals surface area contributed by atoms with Crippen LogP contribution in [-0.2, 0) is 0 Å². The van der Waals surface area contributed by atoms with Crippen molar-refractivity contribution >= 4 is 35.9 Å². The molecule has 1 aromatic rings. The Morgan fingerprint density at radius 1 is 1.38 bits per heavy atom. The van der Waals surface area contributed by atoms with Gasteiger partial charge in [-0.15, -0.1) is 23.1 Å². The van der Waals surface area contributed by atoms with E-state index in [9.17, 15) is 5.11 Å². The Hall–Kier alpha value is -0.445. The zero-order valence-electron chi connectivity index (χ0n) is 6.81. The highest BCUT2D eigenvalue weighted by Crippen LogP contribution is 2.37. The molecule has 2 radical (unpaired) electrons. The molecule has 1 atom stereocenters. The summed E-state index contributed by atoms with van der Waals surface area (Å²) >= 11 is 3.15. The first-order valence-corrected chi connectivity index (χ1v) is 5.54. The molecule has 0 aliphatic carbocycles. The van der Waals surface area contributed by atoms with Gasteiger partial charge in [0.15, 0.2) is 0 Å². The minimum Gasteiger partial charge on any atom is -0.385 e. The fourth-order valence-electron chi connectivity index (χ4n) is 1.12. The average molecular weight is 206 g/mol. The molecule has 13 heavy (non-hydrogen) atoms. The second kappa shape index (κ2) is 3.74. The molecule has 0 fully saturated rings. The summed E-state index contributed by atoms with van der Waals surface area (Å²) in [5.74, 6) is 0. The molecule has 0 saturated carbocycles. The molecule has 64 valence electrons. The number of hydrogen-bond acceptors (Lipinski definition) is 3. The first-order valence-electron chi connectivity index (χ1n) is 3.84. The molecular weight excluding hydrogens is 199 g/mol. The van der Waals surface area contributed by atoms with Gasteiger partial charge in [0, 0.05) is 9.78 Å². The standard InChI is InChI=1S/C9H7BOS2/c10-9-5-6(11)4-8(13-9)7-2-1-3-12-7/h1-6,11H/t6-/m0/s1. The van der Waals surface area contributed by atoms with Gasteiger partial charge in [0.05, 0.1) is 6.10 Å². The molecule has 0 spiro atoms. The van der Waals surface area contributed by atoms with Crippen LogP contribution in [0.15, 0.2) is 34.5 Å². The third-order valence-electron chi connectivity index (χ3n) is 1.65. The van der Waals surface area contributed by atoms with E-state index in [1.807, 2.05) is 23.6 Å². The highest BCUT2D eigenvalue weighted by atomic mass is 32.2. The number of thiophene rings is 1. The van der Waals surface area contributed by atoms with Crippen molar-refractivity contribution in [1.29, 1.82) is 0 Å². The molecule has 4 heteroatoms. The van der Waals surface area contributed by atoms with Crippen molar-refractivity contribution in [2.24, 2.45) is 0 Å². The van der Waals surface area contributed by atoms with Gasteiger partial charge in [-0.2, -0.15) is 0 Å². The SMILES string of the molecule is [B]C1=C[C@@H](O)C=C(c2cccs2)S1. The largest absolute Gasteiger partial charge is 0.385 e. The van der Waals surface area contributed by atoms with E-state index >= 15 is 0 Å². The smallest absolute Gasteiger partial charge is 0.123 e. The van der Waals surface area contributed by atoms with E-state index in [-0.39, 0.29) is 0 Å². The molecule has 1 aliphatic rings. The number of hydrogen-bond donors (Lipinski definition) is 1. The van der Waals surface area contributed by atoms with E-state index in [0.717, 1.165) is 9.78 Å². The van der Waals surface area contributed by atoms with Gasteiger partial charge in [0.25, 0.3) is 0 Å². The Bertz CT molecular complexity index is 354. The Morgan fingerprint density at radius 2 is 2.23 bits per heavy atom. The second-order valence-corrected chi connectivity index (χ2v) is 4.73. The summed E-state index contributed by atoms with van der Waals surface area (Å²) in [5.41, 5.74) is 0. The van der Waals surface area contributed by atoms with Gasteiger partial charge >= 0.3 is 0 Å². The second-order valence-electron chi connectivity index (χ2n) is 2.67. The van der Waals surface area contributed by atoms with E-state index in [0.29, 0.717) is 4.80 Å². The molecule has 1 nitrogen and oxygen atoms in total. The van der Waals surface area contributed by atoms with E-state index < -0.39 is 6.10 Å². The molecule has 0 amide bonds. The average Bonchev–Trinajstić information content (AvgIpc) is 2.53. The van der Waals surface area contributed by atoms with Crippen molar-refractivity contribution in [3.63, 3.8) is 0 Å². The monoisotopic (exact) mass is 206 g/mol. The number of thioether (sulfide) groups is 1. The lowest BCUT2D eigenvalue weighted by atomic mass is 10.1. The number of rotatable bonds is 1. The highest BCUT2D eigenvalue weighted by molar-refractivity contribution is 8.13. The van der Waals surface area contributed by atoms with Crippen LogP contribution in [0.4, 0.5) is 0 Å². The molecule has 0 saturated heterocycles. The van der Waals surface area contributed by atoms with Gasteiger partial charge in [0.1, 0.15) is 7.85 Å². The first-order chi connectivity index (χ1) is 6.25. The van der Waals surface area contributed by atoms with Gasteiger partial charge in [-0.05, 0) is 17.5 Å². The van der Waals surface area contributed by atoms with Crippen LogP contribution in [0.2, 0.25) is 0 Å². The quantitative estimate of drug-likeness (QED) is 0.711. The lowest BCUT2D eigenvalue weighted by molar-refractivity contribution is 0.272. The minimum atomic E-state index is -0.543. The maximum Gasteiger partial charge on any atom is 0.123 e. The molecule has 1 N–H and O–H groups in total. The number of aliphatic hydroxyl groups excluding tert-OH is 1. The van der Waals surface area contributed by atoms with Gasteiger partial charge < -0.3 is 5.11 Å². The summed E-state index contributed by atoms with van der Waals surface area (Å²) in [7, 11) is 5.65. The molecule has 2 rings (SSSR count). The van der Waals surface area contributed by atoms with E-state index in [1.54, 1.807) is 17.4 Å². The van der Waals surface area contributed by atoms with Gasteiger partial charge in [-0.1, -0.05) is 16.9 Å². The molecular formula is C9H7BOS2. The maximum absolute atomic E-state index is 9.41. The van der Waals surface area contributed by atoms with Gasteiger partial charge in [-0.3, -0.25) is 0 Å². The Labute approximate surface area is 86.6 Å². The van der Waals surface area contributed by atoms with Gasteiger partial charge in [-0.25, -0.2) is 0 Å².